The second-order valence-electron chi connectivity index (χ2n) is 6.59. The van der Waals surface area contributed by atoms with E-state index in [4.69, 9.17) is 16.3 Å². The summed E-state index contributed by atoms with van der Waals surface area (Å²) in [6, 6.07) is 12.7. The molecule has 5 nitrogen and oxygen atoms in total. The average molecular weight is 423 g/mol. The third kappa shape index (κ3) is 4.85. The van der Waals surface area contributed by atoms with E-state index < -0.39 is 0 Å². The van der Waals surface area contributed by atoms with Crippen LogP contribution in [0.3, 0.4) is 0 Å². The van der Waals surface area contributed by atoms with Crippen LogP contribution in [0.4, 0.5) is 0 Å². The number of methoxy groups -OCH3 is 1. The molecule has 150 valence electrons. The number of rotatable bonds is 5. The Hall–Kier alpha value is -2.08. The number of benzene rings is 2. The van der Waals surface area contributed by atoms with Crippen molar-refractivity contribution in [2.24, 2.45) is 0 Å². The van der Waals surface area contributed by atoms with Gasteiger partial charge in [0.05, 0.1) is 19.6 Å². The maximum Gasteiger partial charge on any atom is 0.227 e. The molecule has 1 saturated heterocycles. The lowest BCUT2D eigenvalue weighted by atomic mass is 10.0. The monoisotopic (exact) mass is 422 g/mol. The van der Waals surface area contributed by atoms with E-state index in [0.29, 0.717) is 35.0 Å². The number of halogens is 2. The lowest BCUT2D eigenvalue weighted by Gasteiger charge is -2.37. The first kappa shape index (κ1) is 22.2. The van der Waals surface area contributed by atoms with Crippen LogP contribution < -0.4 is 10.1 Å². The van der Waals surface area contributed by atoms with E-state index in [0.717, 1.165) is 12.1 Å². The van der Waals surface area contributed by atoms with E-state index in [-0.39, 0.29) is 36.6 Å². The zero-order valence-corrected chi connectivity index (χ0v) is 17.5. The van der Waals surface area contributed by atoms with Crippen molar-refractivity contribution in [3.63, 3.8) is 0 Å². The second-order valence-corrected chi connectivity index (χ2v) is 7.00. The fourth-order valence-corrected chi connectivity index (χ4v) is 3.69. The number of hydrogen-bond donors (Lipinski definition) is 1. The molecule has 1 N–H and O–H groups in total. The Kier molecular flexibility index (Phi) is 7.87. The van der Waals surface area contributed by atoms with Crippen molar-refractivity contribution in [2.45, 2.75) is 19.4 Å². The van der Waals surface area contributed by atoms with Crippen molar-refractivity contribution in [2.75, 3.05) is 26.7 Å². The van der Waals surface area contributed by atoms with E-state index in [1.54, 1.807) is 25.3 Å². The van der Waals surface area contributed by atoms with Crippen LogP contribution in [0.15, 0.2) is 42.5 Å². The van der Waals surface area contributed by atoms with Gasteiger partial charge in [-0.3, -0.25) is 9.59 Å². The lowest BCUT2D eigenvalue weighted by molar-refractivity contribution is -0.133. The summed E-state index contributed by atoms with van der Waals surface area (Å²) in [5.74, 6) is 0.556. The maximum absolute atomic E-state index is 13.1. The molecule has 1 heterocycles. The van der Waals surface area contributed by atoms with Crippen LogP contribution >= 0.6 is 24.0 Å². The summed E-state index contributed by atoms with van der Waals surface area (Å²) < 4.78 is 5.38. The van der Waals surface area contributed by atoms with E-state index >= 15 is 0 Å². The number of nitrogens with one attached hydrogen (secondary N) is 1. The highest BCUT2D eigenvalue weighted by Crippen LogP contribution is 2.30. The summed E-state index contributed by atoms with van der Waals surface area (Å²) in [5, 5.41) is 3.99. The van der Waals surface area contributed by atoms with Crippen molar-refractivity contribution in [3.8, 4) is 5.75 Å². The number of amides is 1. The maximum atomic E-state index is 13.1. The molecule has 1 aliphatic heterocycles. The predicted molar refractivity (Wildman–Crippen MR) is 113 cm³/mol. The Labute approximate surface area is 176 Å². The van der Waals surface area contributed by atoms with E-state index in [1.165, 1.54) is 6.92 Å². The molecule has 1 aliphatic rings. The predicted octanol–water partition coefficient (Wildman–Crippen LogP) is 3.69. The molecule has 0 aromatic heterocycles. The minimum Gasteiger partial charge on any atom is -0.496 e. The van der Waals surface area contributed by atoms with Gasteiger partial charge < -0.3 is 15.0 Å². The summed E-state index contributed by atoms with van der Waals surface area (Å²) in [6.07, 6.45) is 0.172. The fraction of sp³-hybridized carbons (Fsp3) is 0.333. The largest absolute Gasteiger partial charge is 0.496 e. The first-order valence-electron chi connectivity index (χ1n) is 8.93. The molecule has 28 heavy (non-hydrogen) atoms. The summed E-state index contributed by atoms with van der Waals surface area (Å²) >= 11 is 6.37. The Morgan fingerprint density at radius 3 is 2.68 bits per heavy atom. The van der Waals surface area contributed by atoms with Gasteiger partial charge in [0, 0.05) is 35.8 Å². The van der Waals surface area contributed by atoms with Gasteiger partial charge in [0.15, 0.2) is 5.78 Å². The van der Waals surface area contributed by atoms with Gasteiger partial charge in [-0.25, -0.2) is 0 Å². The highest BCUT2D eigenvalue weighted by atomic mass is 35.5. The first-order valence-corrected chi connectivity index (χ1v) is 9.31. The van der Waals surface area contributed by atoms with Gasteiger partial charge in [0.2, 0.25) is 5.91 Å². The first-order chi connectivity index (χ1) is 13.0. The molecule has 1 atom stereocenters. The van der Waals surface area contributed by atoms with Crippen molar-refractivity contribution < 1.29 is 14.3 Å². The van der Waals surface area contributed by atoms with Crippen LogP contribution in [0.2, 0.25) is 5.02 Å². The molecule has 0 aliphatic carbocycles. The summed E-state index contributed by atoms with van der Waals surface area (Å²) in [6.45, 7) is 3.50. The number of carbonyl (C=O) groups is 2. The van der Waals surface area contributed by atoms with Crippen LogP contribution in [0.25, 0.3) is 0 Å². The SMILES string of the molecule is COc1ccc(C(C)=O)cc1CC(=O)N1CCNCC1c1ccccc1Cl.Cl. The lowest BCUT2D eigenvalue weighted by Crippen LogP contribution is -2.49. The third-order valence-corrected chi connectivity index (χ3v) is 5.20. The Morgan fingerprint density at radius 1 is 1.25 bits per heavy atom. The molecule has 7 heteroatoms. The van der Waals surface area contributed by atoms with Gasteiger partial charge in [-0.2, -0.15) is 0 Å². The van der Waals surface area contributed by atoms with Crippen molar-refractivity contribution in [1.29, 1.82) is 0 Å². The summed E-state index contributed by atoms with van der Waals surface area (Å²) in [5.41, 5.74) is 2.22. The Bertz CT molecular complexity index is 857. The Morgan fingerprint density at radius 2 is 2.00 bits per heavy atom. The topological polar surface area (TPSA) is 58.6 Å². The Balaban J connectivity index is 0.00000280. The number of ketones is 1. The van der Waals surface area contributed by atoms with Crippen LogP contribution in [0, 0.1) is 0 Å². The molecule has 0 spiro atoms. The normalized spacial score (nSPS) is 16.2. The van der Waals surface area contributed by atoms with Gasteiger partial charge in [-0.15, -0.1) is 12.4 Å². The van der Waals surface area contributed by atoms with Gasteiger partial charge >= 0.3 is 0 Å². The molecular weight excluding hydrogens is 399 g/mol. The number of Topliss-reactive ketones (excluding diaryl/α,β-unsaturated/α-hetero) is 1. The highest BCUT2D eigenvalue weighted by molar-refractivity contribution is 6.31. The molecule has 1 unspecified atom stereocenters. The molecule has 3 rings (SSSR count). The number of nitrogens with zero attached hydrogens (tertiary/aromatic N) is 1. The van der Waals surface area contributed by atoms with Crippen LogP contribution in [-0.2, 0) is 11.2 Å². The number of ether oxygens (including phenoxy) is 1. The minimum atomic E-state index is -0.123. The van der Waals surface area contributed by atoms with Gasteiger partial charge in [-0.05, 0) is 36.8 Å². The van der Waals surface area contributed by atoms with Gasteiger partial charge in [-0.1, -0.05) is 29.8 Å². The molecule has 0 radical (unpaired) electrons. The molecular formula is C21H24Cl2N2O3. The molecule has 1 fully saturated rings. The zero-order valence-electron chi connectivity index (χ0n) is 15.9. The number of piperazine rings is 1. The number of hydrogen-bond acceptors (Lipinski definition) is 4. The van der Waals surface area contributed by atoms with Crippen molar-refractivity contribution in [1.82, 2.24) is 10.2 Å². The molecule has 0 bridgehead atoms. The van der Waals surface area contributed by atoms with Gasteiger partial charge in [0.25, 0.3) is 0 Å². The van der Waals surface area contributed by atoms with E-state index in [9.17, 15) is 9.59 Å². The summed E-state index contributed by atoms with van der Waals surface area (Å²) in [4.78, 5) is 26.7. The van der Waals surface area contributed by atoms with Crippen LogP contribution in [0.5, 0.6) is 5.75 Å². The highest BCUT2D eigenvalue weighted by Gasteiger charge is 2.29. The fourth-order valence-electron chi connectivity index (χ4n) is 3.43. The quantitative estimate of drug-likeness (QED) is 0.746. The molecule has 2 aromatic rings. The molecule has 1 amide bonds. The smallest absolute Gasteiger partial charge is 0.227 e. The van der Waals surface area contributed by atoms with Gasteiger partial charge in [0.1, 0.15) is 5.75 Å². The average Bonchev–Trinajstić information content (AvgIpc) is 2.68. The third-order valence-electron chi connectivity index (χ3n) is 4.86. The van der Waals surface area contributed by atoms with E-state index in [1.807, 2.05) is 29.2 Å². The van der Waals surface area contributed by atoms with Crippen LogP contribution in [-0.4, -0.2) is 43.3 Å². The standard InChI is InChI=1S/C21H23ClN2O3.ClH/c1-14(25)15-7-8-20(27-2)16(11-15)12-21(26)24-10-9-23-13-19(24)17-5-3-4-6-18(17)22;/h3-8,11,19,23H,9-10,12-13H2,1-2H3;1H. The minimum absolute atomic E-state index is 0. The number of carbonyl (C=O) groups excluding carboxylic acids is 2. The van der Waals surface area contributed by atoms with Crippen molar-refractivity contribution >= 4 is 35.7 Å². The summed E-state index contributed by atoms with van der Waals surface area (Å²) in [7, 11) is 1.56. The van der Waals surface area contributed by atoms with Crippen LogP contribution in [0.1, 0.15) is 34.5 Å². The van der Waals surface area contributed by atoms with E-state index in [2.05, 4.69) is 5.32 Å². The molecule has 2 aromatic carbocycles. The van der Waals surface area contributed by atoms with Crippen molar-refractivity contribution in [3.05, 3.63) is 64.2 Å². The molecule has 0 saturated carbocycles. The second kappa shape index (κ2) is 9.92. The zero-order chi connectivity index (χ0) is 19.4.